The van der Waals surface area contributed by atoms with Crippen molar-refractivity contribution in [1.29, 1.82) is 0 Å². The molecule has 120 valence electrons. The molecule has 0 fully saturated rings. The van der Waals surface area contributed by atoms with E-state index in [4.69, 9.17) is 0 Å². The quantitative estimate of drug-likeness (QED) is 0.504. The number of nitrogens with zero attached hydrogens (tertiary/aromatic N) is 1. The van der Waals surface area contributed by atoms with Gasteiger partial charge in [0, 0.05) is 0 Å². The summed E-state index contributed by atoms with van der Waals surface area (Å²) < 4.78 is 0. The molecule has 0 spiro atoms. The Labute approximate surface area is 139 Å². The van der Waals surface area contributed by atoms with E-state index in [-0.39, 0.29) is 0 Å². The average Bonchev–Trinajstić information content (AvgIpc) is 2.53. The summed E-state index contributed by atoms with van der Waals surface area (Å²) in [4.78, 5) is 13.8. The molecular weight excluding hydrogens is 282 g/mol. The van der Waals surface area contributed by atoms with E-state index < -0.39 is 0 Å². The van der Waals surface area contributed by atoms with E-state index in [1.165, 1.54) is 16.7 Å². The van der Waals surface area contributed by atoms with Crippen LogP contribution in [0.5, 0.6) is 0 Å². The van der Waals surface area contributed by atoms with Crippen molar-refractivity contribution in [1.82, 2.24) is 0 Å². The van der Waals surface area contributed by atoms with Crippen molar-refractivity contribution in [3.8, 4) is 0 Å². The molecule has 2 nitrogen and oxygen atoms in total. The van der Waals surface area contributed by atoms with Crippen LogP contribution in [0.25, 0.3) is 0 Å². The van der Waals surface area contributed by atoms with E-state index >= 15 is 0 Å². The molecule has 2 rings (SSSR count). The van der Waals surface area contributed by atoms with Crippen LogP contribution in [0.1, 0.15) is 42.5 Å². The predicted molar refractivity (Wildman–Crippen MR) is 95.3 cm³/mol. The fraction of sp³-hybridized carbons (Fsp3) is 0.381. The van der Waals surface area contributed by atoms with Crippen LogP contribution in [-0.2, 0) is 30.6 Å². The van der Waals surface area contributed by atoms with E-state index in [0.29, 0.717) is 12.5 Å². The topological polar surface area (TPSA) is 29.4 Å². The highest BCUT2D eigenvalue weighted by atomic mass is 16.1. The normalized spacial score (nSPS) is 10.6. The molecule has 0 aliphatic heterocycles. The van der Waals surface area contributed by atoms with Gasteiger partial charge in [0.15, 0.2) is 0 Å². The molecule has 0 saturated heterocycles. The molecule has 0 heterocycles. The molecule has 0 atom stereocenters. The monoisotopic (exact) mass is 307 g/mol. The van der Waals surface area contributed by atoms with Crippen molar-refractivity contribution >= 4 is 6.08 Å². The largest absolute Gasteiger partial charge is 0.235 e. The minimum Gasteiger partial charge on any atom is -0.211 e. The first-order valence-electron chi connectivity index (χ1n) is 8.36. The van der Waals surface area contributed by atoms with Crippen molar-refractivity contribution in [3.63, 3.8) is 0 Å². The Kier molecular flexibility index (Phi) is 6.77. The number of isocyanates is 1. The summed E-state index contributed by atoms with van der Waals surface area (Å²) >= 11 is 0. The van der Waals surface area contributed by atoms with Gasteiger partial charge < -0.3 is 0 Å². The maximum Gasteiger partial charge on any atom is 0.235 e. The Morgan fingerprint density at radius 2 is 1.48 bits per heavy atom. The molecule has 23 heavy (non-hydrogen) atoms. The van der Waals surface area contributed by atoms with Crippen LogP contribution in [0.2, 0.25) is 0 Å². The van der Waals surface area contributed by atoms with Gasteiger partial charge in [0.2, 0.25) is 6.08 Å². The van der Waals surface area contributed by atoms with E-state index in [1.54, 1.807) is 6.08 Å². The van der Waals surface area contributed by atoms with Gasteiger partial charge in [-0.1, -0.05) is 62.4 Å². The lowest BCUT2D eigenvalue weighted by Gasteiger charge is -2.08. The lowest BCUT2D eigenvalue weighted by atomic mass is 9.98. The number of aryl methyl sites for hydroxylation is 2. The Hall–Kier alpha value is -2.18. The number of hydrogen-bond acceptors (Lipinski definition) is 2. The van der Waals surface area contributed by atoms with Crippen molar-refractivity contribution < 1.29 is 4.79 Å². The van der Waals surface area contributed by atoms with Crippen molar-refractivity contribution in [3.05, 3.63) is 70.8 Å². The molecule has 0 unspecified atom stereocenters. The molecule has 2 heteroatoms. The molecular formula is C21H25NO. The fourth-order valence-electron chi connectivity index (χ4n) is 2.89. The summed E-state index contributed by atoms with van der Waals surface area (Å²) in [5.41, 5.74) is 5.24. The minimum atomic E-state index is 0.425. The summed E-state index contributed by atoms with van der Waals surface area (Å²) in [7, 11) is 0. The number of hydrogen-bond donors (Lipinski definition) is 0. The molecule has 0 amide bonds. The van der Waals surface area contributed by atoms with Gasteiger partial charge in [0.1, 0.15) is 0 Å². The number of carbonyl (C=O) groups excluding carboxylic acids is 1. The molecule has 0 aliphatic rings. The summed E-state index contributed by atoms with van der Waals surface area (Å²) in [6.45, 7) is 4.94. The first kappa shape index (κ1) is 17.2. The summed E-state index contributed by atoms with van der Waals surface area (Å²) in [5.74, 6) is 0.696. The van der Waals surface area contributed by atoms with Gasteiger partial charge in [0.05, 0.1) is 6.54 Å². The fourth-order valence-corrected chi connectivity index (χ4v) is 2.89. The van der Waals surface area contributed by atoms with E-state index in [0.717, 1.165) is 31.2 Å². The number of rotatable bonds is 8. The Balaban J connectivity index is 1.88. The van der Waals surface area contributed by atoms with Gasteiger partial charge in [0.25, 0.3) is 0 Å². The second-order valence-electron chi connectivity index (χ2n) is 6.50. The first-order valence-corrected chi connectivity index (χ1v) is 8.36. The average molecular weight is 307 g/mol. The van der Waals surface area contributed by atoms with Crippen LogP contribution >= 0.6 is 0 Å². The molecule has 0 radical (unpaired) electrons. The highest BCUT2D eigenvalue weighted by molar-refractivity contribution is 5.34. The van der Waals surface area contributed by atoms with E-state index in [9.17, 15) is 4.79 Å². The lowest BCUT2D eigenvalue weighted by molar-refractivity contribution is 0.563. The zero-order valence-corrected chi connectivity index (χ0v) is 14.1. The van der Waals surface area contributed by atoms with Crippen LogP contribution in [0, 0.1) is 5.92 Å². The Bertz CT molecular complexity index is 669. The Morgan fingerprint density at radius 3 is 2.09 bits per heavy atom. The summed E-state index contributed by atoms with van der Waals surface area (Å²) in [5, 5.41) is 0. The SMILES string of the molecule is CC(C)Cc1cccc(CCCc2cccc(CN=C=O)c2)c1. The molecule has 0 aliphatic carbocycles. The van der Waals surface area contributed by atoms with Crippen molar-refractivity contribution in [2.24, 2.45) is 10.9 Å². The first-order chi connectivity index (χ1) is 11.2. The predicted octanol–water partition coefficient (Wildman–Crippen LogP) is 4.90. The van der Waals surface area contributed by atoms with Crippen LogP contribution < -0.4 is 0 Å². The third kappa shape index (κ3) is 6.22. The second kappa shape index (κ2) is 9.07. The van der Waals surface area contributed by atoms with E-state index in [2.05, 4.69) is 55.2 Å². The van der Waals surface area contributed by atoms with Crippen molar-refractivity contribution in [2.45, 2.75) is 46.1 Å². The molecule has 0 bridgehead atoms. The highest BCUT2D eigenvalue weighted by Crippen LogP contribution is 2.14. The number of benzene rings is 2. The standard InChI is InChI=1S/C21H25NO/c1-17(2)12-20-10-4-8-18(13-20)6-3-7-19-9-5-11-21(14-19)15-22-16-23/h4-5,8-11,13-14,17H,3,6-7,12,15H2,1-2H3. The van der Waals surface area contributed by atoms with Gasteiger partial charge in [-0.3, -0.25) is 0 Å². The second-order valence-corrected chi connectivity index (χ2v) is 6.50. The summed E-state index contributed by atoms with van der Waals surface area (Å²) in [6, 6.07) is 17.3. The van der Waals surface area contributed by atoms with Gasteiger partial charge in [-0.25, -0.2) is 9.79 Å². The molecule has 0 aromatic heterocycles. The smallest absolute Gasteiger partial charge is 0.211 e. The zero-order chi connectivity index (χ0) is 16.5. The lowest BCUT2D eigenvalue weighted by Crippen LogP contribution is -1.96. The third-order valence-corrected chi connectivity index (χ3v) is 3.88. The minimum absolute atomic E-state index is 0.425. The molecule has 2 aromatic rings. The van der Waals surface area contributed by atoms with Gasteiger partial charge in [-0.15, -0.1) is 0 Å². The maximum absolute atomic E-state index is 10.2. The van der Waals surface area contributed by atoms with Crippen LogP contribution in [0.3, 0.4) is 0 Å². The van der Waals surface area contributed by atoms with Gasteiger partial charge >= 0.3 is 0 Å². The highest BCUT2D eigenvalue weighted by Gasteiger charge is 2.01. The van der Waals surface area contributed by atoms with Gasteiger partial charge in [-0.05, 0) is 53.9 Å². The summed E-state index contributed by atoms with van der Waals surface area (Å²) in [6.07, 6.45) is 6.02. The van der Waals surface area contributed by atoms with Gasteiger partial charge in [-0.2, -0.15) is 0 Å². The third-order valence-electron chi connectivity index (χ3n) is 3.88. The van der Waals surface area contributed by atoms with Crippen LogP contribution in [0.15, 0.2) is 53.5 Å². The molecule has 0 saturated carbocycles. The van der Waals surface area contributed by atoms with Crippen LogP contribution in [0.4, 0.5) is 0 Å². The molecule has 0 N–H and O–H groups in total. The van der Waals surface area contributed by atoms with E-state index in [1.807, 2.05) is 12.1 Å². The zero-order valence-electron chi connectivity index (χ0n) is 14.1. The number of aliphatic imine (C=N–C) groups is 1. The molecule has 2 aromatic carbocycles. The van der Waals surface area contributed by atoms with Crippen LogP contribution in [-0.4, -0.2) is 6.08 Å². The maximum atomic E-state index is 10.2. The van der Waals surface area contributed by atoms with Crippen molar-refractivity contribution in [2.75, 3.05) is 0 Å². The Morgan fingerprint density at radius 1 is 0.913 bits per heavy atom.